The van der Waals surface area contributed by atoms with Gasteiger partial charge in [-0.05, 0) is 68.3 Å². The molecule has 8 aromatic rings. The van der Waals surface area contributed by atoms with Gasteiger partial charge in [-0.25, -0.2) is 0 Å². The molecule has 0 aliphatic carbocycles. The summed E-state index contributed by atoms with van der Waals surface area (Å²) in [5.74, 6) is -6.23. The molecule has 0 aliphatic heterocycles. The van der Waals surface area contributed by atoms with E-state index in [0.29, 0.717) is 0 Å². The molecule has 0 bridgehead atoms. The highest BCUT2D eigenvalue weighted by Gasteiger charge is 2.39. The summed E-state index contributed by atoms with van der Waals surface area (Å²) in [6.45, 7) is 0.416. The molecular formula is C74H77O16P2+. The quantitative estimate of drug-likeness (QED) is 0.0203. The minimum Gasteiger partial charge on any atom is -0.461 e. The molecule has 18 heteroatoms. The second kappa shape index (κ2) is 39.8. The average Bonchev–Trinajstić information content (AvgIpc) is 2.22. The van der Waals surface area contributed by atoms with Gasteiger partial charge in [0.15, 0.2) is 6.16 Å². The van der Waals surface area contributed by atoms with Crippen molar-refractivity contribution in [3.05, 3.63) is 287 Å². The number of carbonyl (C=O) groups excluding carboxylic acids is 6. The summed E-state index contributed by atoms with van der Waals surface area (Å²) in [5, 5.41) is 0. The Morgan fingerprint density at radius 3 is 0.815 bits per heavy atom. The Hall–Kier alpha value is -9.17. The maximum atomic E-state index is 15.2. The molecule has 4 unspecified atom stereocenters. The van der Waals surface area contributed by atoms with E-state index >= 15 is 4.57 Å². The van der Waals surface area contributed by atoms with Crippen LogP contribution in [-0.2, 0) is 128 Å². The molecule has 4 atom stereocenters. The molecule has 0 aliphatic rings. The van der Waals surface area contributed by atoms with Crippen molar-refractivity contribution in [1.29, 1.82) is 0 Å². The first-order valence-corrected chi connectivity index (χ1v) is 33.8. The van der Waals surface area contributed by atoms with E-state index in [-0.39, 0.29) is 110 Å². The molecule has 8 rings (SSSR count). The summed E-state index contributed by atoms with van der Waals surface area (Å²) in [6.07, 6.45) is -0.929. The highest BCUT2D eigenvalue weighted by Crippen LogP contribution is 2.52. The van der Waals surface area contributed by atoms with Crippen LogP contribution in [0.25, 0.3) is 0 Å². The smallest absolute Gasteiger partial charge is 0.461 e. The third-order valence-corrected chi connectivity index (χ3v) is 18.1. The van der Waals surface area contributed by atoms with Crippen molar-refractivity contribution in [3.8, 4) is 0 Å². The standard InChI is InChI=1S/C47H49O10P.C27H28O6P/c48-44(53-30-37-16-6-1-7-17-37)28-26-42(46(50)55-32-39-20-10-3-11-21-39)35-58(52,57-34-41-24-14-5-15-25-41)36-43(47(51)56-33-40-22-12-4-13-23-40)27-29-45(49)54-31-38-18-8-2-9-19-38;28-26(31-18-22-10-4-1-5-11-22)17-16-25(27(29)32-19-23-12-6-2-7-13-23)21-34(30)33-20-24-14-8-3-9-15-24/h1-25,42-43H,26-36H2;1-15,25H,16-21H2/q;+1. The van der Waals surface area contributed by atoms with Crippen molar-refractivity contribution < 1.29 is 75.4 Å². The van der Waals surface area contributed by atoms with Crippen LogP contribution in [-0.4, -0.2) is 54.3 Å². The minimum atomic E-state index is -3.95. The molecule has 0 fully saturated rings. The van der Waals surface area contributed by atoms with Crippen LogP contribution in [0.5, 0.6) is 0 Å². The lowest BCUT2D eigenvalue weighted by atomic mass is 10.1. The van der Waals surface area contributed by atoms with Crippen molar-refractivity contribution in [2.45, 2.75) is 91.4 Å². The Bertz CT molecular complexity index is 3410. The van der Waals surface area contributed by atoms with Crippen LogP contribution in [0, 0.1) is 17.8 Å². The van der Waals surface area contributed by atoms with Gasteiger partial charge in [0.1, 0.15) is 52.2 Å². The minimum absolute atomic E-state index is 0.0137. The van der Waals surface area contributed by atoms with E-state index in [4.69, 9.17) is 37.5 Å². The van der Waals surface area contributed by atoms with Crippen LogP contribution in [0.15, 0.2) is 243 Å². The lowest BCUT2D eigenvalue weighted by molar-refractivity contribution is -0.152. The molecule has 0 aromatic heterocycles. The summed E-state index contributed by atoms with van der Waals surface area (Å²) >= 11 is 0. The lowest BCUT2D eigenvalue weighted by Crippen LogP contribution is -2.28. The first kappa shape index (κ1) is 70.3. The zero-order valence-corrected chi connectivity index (χ0v) is 53.1. The van der Waals surface area contributed by atoms with Crippen molar-refractivity contribution >= 4 is 51.2 Å². The maximum absolute atomic E-state index is 15.2. The molecule has 0 saturated heterocycles. The lowest BCUT2D eigenvalue weighted by Gasteiger charge is -2.26. The number of ether oxygens (including phenoxy) is 6. The zero-order chi connectivity index (χ0) is 64.9. The van der Waals surface area contributed by atoms with E-state index in [1.807, 2.05) is 243 Å². The summed E-state index contributed by atoms with van der Waals surface area (Å²) in [4.78, 5) is 78.6. The Labute approximate surface area is 538 Å². The summed E-state index contributed by atoms with van der Waals surface area (Å²) in [5.41, 5.74) is 6.46. The van der Waals surface area contributed by atoms with Crippen LogP contribution in [0.4, 0.5) is 0 Å². The summed E-state index contributed by atoms with van der Waals surface area (Å²) in [6, 6.07) is 73.8. The van der Waals surface area contributed by atoms with Crippen LogP contribution in [0.1, 0.15) is 83.0 Å². The van der Waals surface area contributed by atoms with Crippen LogP contribution in [0.2, 0.25) is 0 Å². The molecule has 0 amide bonds. The second-order valence-electron chi connectivity index (χ2n) is 21.6. The topological polar surface area (TPSA) is 210 Å². The van der Waals surface area contributed by atoms with E-state index < -0.39 is 69.0 Å². The van der Waals surface area contributed by atoms with Crippen molar-refractivity contribution in [1.82, 2.24) is 0 Å². The van der Waals surface area contributed by atoms with E-state index in [1.165, 1.54) is 0 Å². The van der Waals surface area contributed by atoms with Crippen LogP contribution < -0.4 is 0 Å². The normalized spacial score (nSPS) is 12.6. The molecule has 8 aromatic carbocycles. The number of esters is 6. The molecular weight excluding hydrogens is 1210 g/mol. The molecule has 0 radical (unpaired) electrons. The third-order valence-electron chi connectivity index (χ3n) is 14.4. The van der Waals surface area contributed by atoms with Gasteiger partial charge in [0.05, 0.1) is 18.4 Å². The Morgan fingerprint density at radius 1 is 0.304 bits per heavy atom. The van der Waals surface area contributed by atoms with Gasteiger partial charge in [-0.2, -0.15) is 0 Å². The van der Waals surface area contributed by atoms with E-state index in [2.05, 4.69) is 0 Å². The largest absolute Gasteiger partial charge is 0.509 e. The van der Waals surface area contributed by atoms with Crippen molar-refractivity contribution in [2.75, 3.05) is 18.5 Å². The zero-order valence-electron chi connectivity index (χ0n) is 51.3. The average molecular weight is 1280 g/mol. The predicted molar refractivity (Wildman–Crippen MR) is 348 cm³/mol. The fraction of sp³-hybridized carbons (Fsp3) is 0.270. The molecule has 0 N–H and O–H groups in total. The van der Waals surface area contributed by atoms with Gasteiger partial charge in [0.25, 0.3) is 0 Å². The number of rotatable bonds is 36. The molecule has 0 heterocycles. The third kappa shape index (κ3) is 27.5. The Morgan fingerprint density at radius 2 is 0.533 bits per heavy atom. The van der Waals surface area contributed by atoms with Crippen LogP contribution in [0.3, 0.4) is 0 Å². The highest BCUT2D eigenvalue weighted by molar-refractivity contribution is 7.59. The number of hydrogen-bond donors (Lipinski definition) is 0. The molecule has 0 saturated carbocycles. The fourth-order valence-corrected chi connectivity index (χ4v) is 13.1. The van der Waals surface area contributed by atoms with Crippen molar-refractivity contribution in [2.24, 2.45) is 17.8 Å². The van der Waals surface area contributed by atoms with E-state index in [1.54, 1.807) is 0 Å². The van der Waals surface area contributed by atoms with Gasteiger partial charge < -0.3 is 32.9 Å². The first-order chi connectivity index (χ1) is 44.8. The van der Waals surface area contributed by atoms with Gasteiger partial charge >= 0.3 is 43.8 Å². The van der Waals surface area contributed by atoms with Gasteiger partial charge in [0, 0.05) is 31.6 Å². The van der Waals surface area contributed by atoms with Gasteiger partial charge in [0.2, 0.25) is 7.37 Å². The van der Waals surface area contributed by atoms with Gasteiger partial charge in [-0.15, -0.1) is 4.52 Å². The molecule has 16 nitrogen and oxygen atoms in total. The van der Waals surface area contributed by atoms with E-state index in [9.17, 15) is 33.3 Å². The number of benzene rings is 8. The van der Waals surface area contributed by atoms with Gasteiger partial charge in [-0.3, -0.25) is 33.3 Å². The molecule has 478 valence electrons. The van der Waals surface area contributed by atoms with Crippen molar-refractivity contribution in [3.63, 3.8) is 0 Å². The Balaban J connectivity index is 0.000000299. The van der Waals surface area contributed by atoms with Crippen LogP contribution >= 0.6 is 15.4 Å². The fourth-order valence-electron chi connectivity index (χ4n) is 9.27. The Kier molecular flexibility index (Phi) is 30.4. The molecule has 92 heavy (non-hydrogen) atoms. The molecule has 0 spiro atoms. The monoisotopic (exact) mass is 1280 g/mol. The predicted octanol–water partition coefficient (Wildman–Crippen LogP) is 15.1. The van der Waals surface area contributed by atoms with E-state index in [0.717, 1.165) is 44.5 Å². The van der Waals surface area contributed by atoms with Gasteiger partial charge in [-0.1, -0.05) is 243 Å². The number of carbonyl (C=O) groups is 6. The summed E-state index contributed by atoms with van der Waals surface area (Å²) in [7, 11) is -6.07. The summed E-state index contributed by atoms with van der Waals surface area (Å²) < 4.78 is 72.6. The first-order valence-electron chi connectivity index (χ1n) is 30.4. The number of hydrogen-bond acceptors (Lipinski definition) is 16. The second-order valence-corrected chi connectivity index (χ2v) is 25.5. The maximum Gasteiger partial charge on any atom is 0.509 e. The highest BCUT2D eigenvalue weighted by atomic mass is 31.2. The SMILES string of the molecule is O=C(CCC(CP(=O)(CC(CCC(=O)OCc1ccccc1)C(=O)OCc1ccccc1)OCc1ccccc1)C(=O)OCc1ccccc1)OCc1ccccc1.O=C(CCC(C[P+](=O)OCc1ccccc1)C(=O)OCc1ccccc1)OCc1ccccc1.